The fraction of sp³-hybridized carbons (Fsp3) is 0.353. The van der Waals surface area contributed by atoms with Gasteiger partial charge in [-0.1, -0.05) is 31.0 Å². The monoisotopic (exact) mass is 298 g/mol. The molecule has 22 heavy (non-hydrogen) atoms. The first-order chi connectivity index (χ1) is 10.6. The van der Waals surface area contributed by atoms with Crippen LogP contribution in [0.15, 0.2) is 36.4 Å². The quantitative estimate of drug-likeness (QED) is 0.889. The number of carbonyl (C=O) groups excluding carboxylic acids is 1. The molecule has 2 rings (SSSR count). The highest BCUT2D eigenvalue weighted by atomic mass is 16.1. The van der Waals surface area contributed by atoms with Gasteiger partial charge in [0.15, 0.2) is 11.5 Å². The Hall–Kier alpha value is -2.43. The van der Waals surface area contributed by atoms with Gasteiger partial charge in [-0.2, -0.15) is 0 Å². The van der Waals surface area contributed by atoms with Crippen molar-refractivity contribution in [3.63, 3.8) is 0 Å². The van der Waals surface area contributed by atoms with Crippen molar-refractivity contribution in [1.82, 2.24) is 10.2 Å². The number of unbranched alkanes of at least 4 members (excludes halogenated alkanes) is 1. The molecule has 2 aromatic rings. The molecule has 0 saturated carbocycles. The third-order valence-electron chi connectivity index (χ3n) is 3.43. The molecule has 0 aliphatic heterocycles. The molecule has 1 N–H and O–H groups in total. The average Bonchev–Trinajstić information content (AvgIpc) is 2.55. The van der Waals surface area contributed by atoms with Crippen LogP contribution in [0.1, 0.15) is 35.8 Å². The maximum Gasteiger partial charge on any atom is 0.276 e. The van der Waals surface area contributed by atoms with E-state index in [2.05, 4.69) is 22.4 Å². The maximum absolute atomic E-state index is 12.1. The van der Waals surface area contributed by atoms with Crippen molar-refractivity contribution in [2.45, 2.75) is 26.7 Å². The van der Waals surface area contributed by atoms with Gasteiger partial charge < -0.3 is 10.2 Å². The molecule has 0 atom stereocenters. The Labute approximate surface area is 131 Å². The second kappa shape index (κ2) is 7.54. The first-order valence-electron chi connectivity index (χ1n) is 7.53. The van der Waals surface area contributed by atoms with Gasteiger partial charge in [-0.05, 0) is 37.6 Å². The van der Waals surface area contributed by atoms with E-state index < -0.39 is 0 Å². The average molecular weight is 298 g/mol. The molecule has 116 valence electrons. The molecule has 1 amide bonds. The second-order valence-electron chi connectivity index (χ2n) is 5.37. The summed E-state index contributed by atoms with van der Waals surface area (Å²) < 4.78 is 0. The molecular formula is C17H22N4O. The number of hydrogen-bond acceptors (Lipinski definition) is 4. The Balaban J connectivity index is 2.00. The molecule has 0 fully saturated rings. The van der Waals surface area contributed by atoms with Crippen LogP contribution in [0, 0.1) is 6.92 Å². The van der Waals surface area contributed by atoms with Crippen LogP contribution in [-0.2, 0) is 0 Å². The zero-order chi connectivity index (χ0) is 15.9. The van der Waals surface area contributed by atoms with Gasteiger partial charge in [0.2, 0.25) is 0 Å². The van der Waals surface area contributed by atoms with E-state index in [0.29, 0.717) is 5.69 Å². The molecule has 0 saturated heterocycles. The van der Waals surface area contributed by atoms with E-state index in [1.165, 1.54) is 0 Å². The van der Waals surface area contributed by atoms with E-state index in [-0.39, 0.29) is 5.91 Å². The molecule has 0 aliphatic rings. The molecule has 5 nitrogen and oxygen atoms in total. The van der Waals surface area contributed by atoms with E-state index in [0.717, 1.165) is 36.5 Å². The van der Waals surface area contributed by atoms with Crippen LogP contribution in [0.4, 0.5) is 11.5 Å². The summed E-state index contributed by atoms with van der Waals surface area (Å²) in [6.07, 6.45) is 2.24. The highest BCUT2D eigenvalue weighted by Gasteiger charge is 2.10. The molecule has 0 radical (unpaired) electrons. The topological polar surface area (TPSA) is 58.1 Å². The second-order valence-corrected chi connectivity index (χ2v) is 5.37. The van der Waals surface area contributed by atoms with Crippen molar-refractivity contribution in [3.05, 3.63) is 47.7 Å². The van der Waals surface area contributed by atoms with Crippen molar-refractivity contribution in [2.24, 2.45) is 0 Å². The molecular weight excluding hydrogens is 276 g/mol. The minimum atomic E-state index is -0.251. The van der Waals surface area contributed by atoms with Crippen LogP contribution in [0.5, 0.6) is 0 Å². The molecule has 5 heteroatoms. The number of carbonyl (C=O) groups is 1. The van der Waals surface area contributed by atoms with Crippen LogP contribution in [0.3, 0.4) is 0 Å². The lowest BCUT2D eigenvalue weighted by Gasteiger charge is -2.16. The minimum absolute atomic E-state index is 0.251. The Morgan fingerprint density at radius 2 is 1.86 bits per heavy atom. The van der Waals surface area contributed by atoms with Gasteiger partial charge in [-0.3, -0.25) is 4.79 Å². The molecule has 1 aromatic heterocycles. The molecule has 0 bridgehead atoms. The van der Waals surface area contributed by atoms with Crippen molar-refractivity contribution in [2.75, 3.05) is 23.8 Å². The lowest BCUT2D eigenvalue weighted by atomic mass is 10.2. The van der Waals surface area contributed by atoms with Gasteiger partial charge in [0.05, 0.1) is 0 Å². The number of rotatable bonds is 6. The predicted molar refractivity (Wildman–Crippen MR) is 89.3 cm³/mol. The van der Waals surface area contributed by atoms with Crippen LogP contribution in [-0.4, -0.2) is 29.7 Å². The van der Waals surface area contributed by atoms with Crippen molar-refractivity contribution < 1.29 is 4.79 Å². The van der Waals surface area contributed by atoms with Gasteiger partial charge in [0.1, 0.15) is 0 Å². The minimum Gasteiger partial charge on any atom is -0.358 e. The molecule has 1 aromatic carbocycles. The number of benzene rings is 1. The zero-order valence-electron chi connectivity index (χ0n) is 13.3. The summed E-state index contributed by atoms with van der Waals surface area (Å²) in [4.78, 5) is 14.2. The van der Waals surface area contributed by atoms with Crippen LogP contribution >= 0.6 is 0 Å². The maximum atomic E-state index is 12.1. The summed E-state index contributed by atoms with van der Waals surface area (Å²) in [5, 5.41) is 11.0. The SMILES string of the molecule is CCCCN(C)c1ccc(C(=O)Nc2ccc(C)cc2)nn1. The molecule has 0 spiro atoms. The number of nitrogens with one attached hydrogen (secondary N) is 1. The molecule has 1 heterocycles. The molecule has 0 unspecified atom stereocenters. The summed E-state index contributed by atoms with van der Waals surface area (Å²) in [5.74, 6) is 0.527. The van der Waals surface area contributed by atoms with Crippen molar-refractivity contribution >= 4 is 17.4 Å². The van der Waals surface area contributed by atoms with Gasteiger partial charge in [-0.25, -0.2) is 0 Å². The molecule has 0 aliphatic carbocycles. The fourth-order valence-corrected chi connectivity index (χ4v) is 1.99. The number of anilines is 2. The first kappa shape index (κ1) is 15.9. The van der Waals surface area contributed by atoms with Crippen LogP contribution < -0.4 is 10.2 Å². The van der Waals surface area contributed by atoms with Gasteiger partial charge in [-0.15, -0.1) is 10.2 Å². The third-order valence-corrected chi connectivity index (χ3v) is 3.43. The number of aromatic nitrogens is 2. The lowest BCUT2D eigenvalue weighted by molar-refractivity contribution is 0.102. The highest BCUT2D eigenvalue weighted by Crippen LogP contribution is 2.12. The van der Waals surface area contributed by atoms with Gasteiger partial charge in [0.25, 0.3) is 5.91 Å². The third kappa shape index (κ3) is 4.28. The fourth-order valence-electron chi connectivity index (χ4n) is 1.99. The number of hydrogen-bond donors (Lipinski definition) is 1. The zero-order valence-corrected chi connectivity index (χ0v) is 13.3. The van der Waals surface area contributed by atoms with E-state index in [4.69, 9.17) is 0 Å². The summed E-state index contributed by atoms with van der Waals surface area (Å²) in [6, 6.07) is 11.2. The normalized spacial score (nSPS) is 10.3. The standard InChI is InChI=1S/C17H22N4O/c1-4-5-12-21(3)16-11-10-15(19-20-16)17(22)18-14-8-6-13(2)7-9-14/h6-11H,4-5,12H2,1-3H3,(H,18,22). The van der Waals surface area contributed by atoms with E-state index in [1.54, 1.807) is 6.07 Å². The van der Waals surface area contributed by atoms with Crippen LogP contribution in [0.2, 0.25) is 0 Å². The smallest absolute Gasteiger partial charge is 0.276 e. The lowest BCUT2D eigenvalue weighted by Crippen LogP contribution is -2.21. The Morgan fingerprint density at radius 1 is 1.14 bits per heavy atom. The largest absolute Gasteiger partial charge is 0.358 e. The summed E-state index contributed by atoms with van der Waals surface area (Å²) in [5.41, 5.74) is 2.21. The van der Waals surface area contributed by atoms with E-state index in [1.807, 2.05) is 49.2 Å². The van der Waals surface area contributed by atoms with Crippen LogP contribution in [0.25, 0.3) is 0 Å². The van der Waals surface area contributed by atoms with E-state index >= 15 is 0 Å². The van der Waals surface area contributed by atoms with Gasteiger partial charge in [0, 0.05) is 19.3 Å². The van der Waals surface area contributed by atoms with Gasteiger partial charge >= 0.3 is 0 Å². The highest BCUT2D eigenvalue weighted by molar-refractivity contribution is 6.02. The summed E-state index contributed by atoms with van der Waals surface area (Å²) >= 11 is 0. The Kier molecular flexibility index (Phi) is 5.47. The summed E-state index contributed by atoms with van der Waals surface area (Å²) in [7, 11) is 1.98. The first-order valence-corrected chi connectivity index (χ1v) is 7.53. The Morgan fingerprint density at radius 3 is 2.45 bits per heavy atom. The number of amides is 1. The van der Waals surface area contributed by atoms with Crippen molar-refractivity contribution in [3.8, 4) is 0 Å². The Bertz CT molecular complexity index is 608. The predicted octanol–water partition coefficient (Wildman–Crippen LogP) is 3.27. The number of nitrogens with zero attached hydrogens (tertiary/aromatic N) is 3. The van der Waals surface area contributed by atoms with Crippen molar-refractivity contribution in [1.29, 1.82) is 0 Å². The number of aryl methyl sites for hydroxylation is 1. The van der Waals surface area contributed by atoms with E-state index in [9.17, 15) is 4.79 Å². The summed E-state index contributed by atoms with van der Waals surface area (Å²) in [6.45, 7) is 5.09.